The van der Waals surface area contributed by atoms with Crippen molar-refractivity contribution in [2.75, 3.05) is 0 Å². The molecule has 5 rings (SSSR count). The molecule has 2 N–H and O–H groups in total. The third-order valence-corrected chi connectivity index (χ3v) is 5.93. The van der Waals surface area contributed by atoms with Gasteiger partial charge in [0.2, 0.25) is 11.8 Å². The molecular formula is C23H21N5O4. The Balaban J connectivity index is 1.38. The van der Waals surface area contributed by atoms with E-state index in [0.717, 1.165) is 11.1 Å². The number of carbonyl (C=O) groups excluding carboxylic acids is 3. The second-order valence-corrected chi connectivity index (χ2v) is 7.99. The molecule has 0 aliphatic carbocycles. The van der Waals surface area contributed by atoms with E-state index in [1.165, 1.54) is 4.90 Å². The highest BCUT2D eigenvalue weighted by molar-refractivity contribution is 6.05. The molecule has 1 saturated heterocycles. The first-order valence-electron chi connectivity index (χ1n) is 10.4. The van der Waals surface area contributed by atoms with Crippen LogP contribution >= 0.6 is 0 Å². The van der Waals surface area contributed by atoms with E-state index >= 15 is 0 Å². The summed E-state index contributed by atoms with van der Waals surface area (Å²) in [6, 6.07) is 14.0. The number of imide groups is 1. The summed E-state index contributed by atoms with van der Waals surface area (Å²) in [5, 5.41) is 21.2. The van der Waals surface area contributed by atoms with Crippen LogP contribution in [0.4, 0.5) is 0 Å². The molecule has 2 atom stereocenters. The monoisotopic (exact) mass is 431 g/mol. The van der Waals surface area contributed by atoms with Crippen molar-refractivity contribution >= 4 is 17.7 Å². The van der Waals surface area contributed by atoms with E-state index in [0.29, 0.717) is 29.8 Å². The van der Waals surface area contributed by atoms with Crippen LogP contribution in [-0.4, -0.2) is 48.8 Å². The molecule has 1 aromatic heterocycles. The zero-order chi connectivity index (χ0) is 22.2. The molecule has 2 aliphatic heterocycles. The van der Waals surface area contributed by atoms with Crippen LogP contribution in [0.25, 0.3) is 5.69 Å². The van der Waals surface area contributed by atoms with Gasteiger partial charge in [0.1, 0.15) is 6.04 Å². The van der Waals surface area contributed by atoms with Gasteiger partial charge in [-0.25, -0.2) is 4.68 Å². The van der Waals surface area contributed by atoms with Crippen LogP contribution in [0.15, 0.2) is 54.7 Å². The highest BCUT2D eigenvalue weighted by Gasteiger charge is 2.40. The van der Waals surface area contributed by atoms with E-state index in [9.17, 15) is 19.5 Å². The summed E-state index contributed by atoms with van der Waals surface area (Å²) in [4.78, 5) is 38.3. The van der Waals surface area contributed by atoms with Crippen LogP contribution in [0.3, 0.4) is 0 Å². The first-order chi connectivity index (χ1) is 15.5. The number of hydrogen-bond donors (Lipinski definition) is 2. The topological polar surface area (TPSA) is 117 Å². The highest BCUT2D eigenvalue weighted by atomic mass is 16.3. The van der Waals surface area contributed by atoms with Gasteiger partial charge >= 0.3 is 0 Å². The highest BCUT2D eigenvalue weighted by Crippen LogP contribution is 2.31. The molecule has 0 saturated carbocycles. The molecular weight excluding hydrogens is 410 g/mol. The first-order valence-corrected chi connectivity index (χ1v) is 10.4. The van der Waals surface area contributed by atoms with E-state index in [2.05, 4.69) is 15.6 Å². The van der Waals surface area contributed by atoms with Gasteiger partial charge in [-0.2, -0.15) is 0 Å². The largest absolute Gasteiger partial charge is 0.388 e. The maximum Gasteiger partial charge on any atom is 0.255 e. The number of nitrogens with one attached hydrogen (secondary N) is 1. The van der Waals surface area contributed by atoms with Crippen LogP contribution < -0.4 is 5.32 Å². The molecule has 0 spiro atoms. The number of amides is 3. The van der Waals surface area contributed by atoms with E-state index in [1.54, 1.807) is 23.0 Å². The number of piperidine rings is 1. The van der Waals surface area contributed by atoms with Gasteiger partial charge < -0.3 is 10.0 Å². The van der Waals surface area contributed by atoms with Crippen LogP contribution in [0, 0.1) is 0 Å². The summed E-state index contributed by atoms with van der Waals surface area (Å²) in [7, 11) is 0. The maximum absolute atomic E-state index is 13.0. The fraction of sp³-hybridized carbons (Fsp3) is 0.261. The normalized spacial score (nSPS) is 19.1. The Labute approximate surface area is 183 Å². The van der Waals surface area contributed by atoms with E-state index < -0.39 is 18.1 Å². The summed E-state index contributed by atoms with van der Waals surface area (Å²) >= 11 is 0. The van der Waals surface area contributed by atoms with Gasteiger partial charge in [-0.15, -0.1) is 5.10 Å². The Kier molecular flexibility index (Phi) is 5.02. The van der Waals surface area contributed by atoms with E-state index in [4.69, 9.17) is 0 Å². The number of aliphatic hydroxyl groups excluding tert-OH is 1. The zero-order valence-corrected chi connectivity index (χ0v) is 17.1. The predicted octanol–water partition coefficient (Wildman–Crippen LogP) is 1.30. The van der Waals surface area contributed by atoms with Crippen molar-refractivity contribution < 1.29 is 19.5 Å². The van der Waals surface area contributed by atoms with Gasteiger partial charge in [0.05, 0.1) is 23.7 Å². The lowest BCUT2D eigenvalue weighted by atomic mass is 10.0. The summed E-state index contributed by atoms with van der Waals surface area (Å²) in [5.41, 5.74) is 3.37. The SMILES string of the molecule is O=C1CCC(N2Cc3c(cccc3-n3cc(CC(O)c4ccccc4)nn3)C2=O)C(=O)N1. The molecule has 1 fully saturated rings. The molecule has 2 aromatic carbocycles. The number of carbonyl (C=O) groups is 3. The van der Waals surface area contributed by atoms with E-state index in [1.807, 2.05) is 36.4 Å². The third kappa shape index (κ3) is 3.56. The smallest absolute Gasteiger partial charge is 0.255 e. The van der Waals surface area contributed by atoms with Crippen LogP contribution in [0.2, 0.25) is 0 Å². The third-order valence-electron chi connectivity index (χ3n) is 5.93. The molecule has 3 aromatic rings. The Morgan fingerprint density at radius 3 is 2.69 bits per heavy atom. The van der Waals surface area contributed by atoms with Crippen molar-refractivity contribution in [2.24, 2.45) is 0 Å². The Morgan fingerprint density at radius 1 is 1.09 bits per heavy atom. The summed E-state index contributed by atoms with van der Waals surface area (Å²) in [6.07, 6.45) is 1.86. The first kappa shape index (κ1) is 20.1. The van der Waals surface area contributed by atoms with Crippen LogP contribution in [-0.2, 0) is 22.6 Å². The lowest BCUT2D eigenvalue weighted by Crippen LogP contribution is -2.52. The predicted molar refractivity (Wildman–Crippen MR) is 113 cm³/mol. The number of fused-ring (bicyclic) bond motifs is 1. The van der Waals surface area contributed by atoms with Crippen molar-refractivity contribution in [3.8, 4) is 5.69 Å². The second kappa shape index (κ2) is 8.01. The van der Waals surface area contributed by atoms with Gasteiger partial charge in [-0.3, -0.25) is 19.7 Å². The van der Waals surface area contributed by atoms with Crippen LogP contribution in [0.1, 0.15) is 46.1 Å². The number of rotatable bonds is 5. The molecule has 32 heavy (non-hydrogen) atoms. The molecule has 9 heteroatoms. The Hall–Kier alpha value is -3.85. The van der Waals surface area contributed by atoms with Gasteiger partial charge in [0, 0.05) is 30.5 Å². The van der Waals surface area contributed by atoms with Crippen molar-refractivity contribution in [2.45, 2.75) is 38.0 Å². The molecule has 0 radical (unpaired) electrons. The van der Waals surface area contributed by atoms with E-state index in [-0.39, 0.29) is 24.8 Å². The van der Waals surface area contributed by atoms with Crippen molar-refractivity contribution in [1.82, 2.24) is 25.2 Å². The van der Waals surface area contributed by atoms with Gasteiger partial charge in [0.15, 0.2) is 0 Å². The minimum atomic E-state index is -0.701. The molecule has 3 heterocycles. The van der Waals surface area contributed by atoms with Gasteiger partial charge in [-0.1, -0.05) is 41.6 Å². The van der Waals surface area contributed by atoms with Crippen molar-refractivity contribution in [3.63, 3.8) is 0 Å². The fourth-order valence-corrected chi connectivity index (χ4v) is 4.28. The molecule has 9 nitrogen and oxygen atoms in total. The molecule has 162 valence electrons. The summed E-state index contributed by atoms with van der Waals surface area (Å²) < 4.78 is 1.59. The number of benzene rings is 2. The molecule has 0 bridgehead atoms. The van der Waals surface area contributed by atoms with Crippen molar-refractivity contribution in [3.05, 3.63) is 77.1 Å². The lowest BCUT2D eigenvalue weighted by molar-refractivity contribution is -0.136. The standard InChI is InChI=1S/C23H21N5O4/c29-20(14-5-2-1-3-6-14)11-15-12-28(26-25-15)18-8-4-7-16-17(18)13-27(23(16)32)19-9-10-21(30)24-22(19)31/h1-8,12,19-20,29H,9-11,13H2,(H,24,30,31). The Bertz CT molecular complexity index is 1210. The maximum atomic E-state index is 13.0. The molecule has 3 amide bonds. The number of hydrogen-bond acceptors (Lipinski definition) is 6. The second-order valence-electron chi connectivity index (χ2n) is 7.99. The lowest BCUT2D eigenvalue weighted by Gasteiger charge is -2.29. The fourth-order valence-electron chi connectivity index (χ4n) is 4.28. The molecule has 2 aliphatic rings. The van der Waals surface area contributed by atoms with Crippen molar-refractivity contribution in [1.29, 1.82) is 0 Å². The number of nitrogens with zero attached hydrogens (tertiary/aromatic N) is 4. The minimum absolute atomic E-state index is 0.208. The number of aromatic nitrogens is 3. The molecule has 2 unspecified atom stereocenters. The quantitative estimate of drug-likeness (QED) is 0.588. The van der Waals surface area contributed by atoms with Crippen LogP contribution in [0.5, 0.6) is 0 Å². The van der Waals surface area contributed by atoms with Gasteiger partial charge in [0.25, 0.3) is 5.91 Å². The number of aliphatic hydroxyl groups is 1. The summed E-state index contributed by atoms with van der Waals surface area (Å²) in [6.45, 7) is 0.248. The average molecular weight is 431 g/mol. The minimum Gasteiger partial charge on any atom is -0.388 e. The summed E-state index contributed by atoms with van der Waals surface area (Å²) in [5.74, 6) is -0.998. The zero-order valence-electron chi connectivity index (χ0n) is 17.1. The average Bonchev–Trinajstić information content (AvgIpc) is 3.39. The van der Waals surface area contributed by atoms with Gasteiger partial charge in [-0.05, 0) is 24.1 Å². The Morgan fingerprint density at radius 2 is 1.91 bits per heavy atom.